The summed E-state index contributed by atoms with van der Waals surface area (Å²) in [6, 6.07) is 2.38. The van der Waals surface area contributed by atoms with Crippen molar-refractivity contribution < 1.29 is 13.2 Å². The minimum absolute atomic E-state index is 0.159. The first kappa shape index (κ1) is 17.9. The van der Waals surface area contributed by atoms with Crippen molar-refractivity contribution in [2.75, 3.05) is 25.1 Å². The number of halogens is 3. The van der Waals surface area contributed by atoms with Gasteiger partial charge in [0, 0.05) is 41.5 Å². The molecule has 2 saturated heterocycles. The smallest absolute Gasteiger partial charge is 0.194 e. The van der Waals surface area contributed by atoms with E-state index in [0.717, 1.165) is 54.7 Å². The van der Waals surface area contributed by atoms with Crippen molar-refractivity contribution in [2.24, 2.45) is 0 Å². The lowest BCUT2D eigenvalue weighted by atomic mass is 9.91. The van der Waals surface area contributed by atoms with Crippen LogP contribution in [-0.4, -0.2) is 50.8 Å². The predicted octanol–water partition coefficient (Wildman–Crippen LogP) is 3.71. The number of hydrogen-bond donors (Lipinski definition) is 0. The molecule has 4 nitrogen and oxygen atoms in total. The highest BCUT2D eigenvalue weighted by Gasteiger charge is 2.32. The Morgan fingerprint density at radius 1 is 1.12 bits per heavy atom. The average Bonchev–Trinajstić information content (AvgIpc) is 2.97. The number of rotatable bonds is 3. The molecule has 0 radical (unpaired) electrons. The number of aromatic nitrogens is 3. The summed E-state index contributed by atoms with van der Waals surface area (Å²) in [5, 5.41) is 4.56. The van der Waals surface area contributed by atoms with Gasteiger partial charge in [0.2, 0.25) is 0 Å². The lowest BCUT2D eigenvalue weighted by Gasteiger charge is -2.34. The number of thioether (sulfide) groups is 1. The third-order valence-electron chi connectivity index (χ3n) is 5.44. The van der Waals surface area contributed by atoms with Crippen molar-refractivity contribution in [3.63, 3.8) is 0 Å². The van der Waals surface area contributed by atoms with Gasteiger partial charge in [-0.1, -0.05) is 0 Å². The van der Waals surface area contributed by atoms with Gasteiger partial charge in [0.25, 0.3) is 0 Å². The van der Waals surface area contributed by atoms with Gasteiger partial charge in [-0.15, -0.1) is 0 Å². The molecular weight excluding hydrogens is 361 g/mol. The zero-order chi connectivity index (χ0) is 18.4. The molecule has 2 fully saturated rings. The molecule has 0 saturated carbocycles. The zero-order valence-corrected chi connectivity index (χ0v) is 15.6. The molecule has 0 N–H and O–H groups in total. The lowest BCUT2D eigenvalue weighted by Crippen LogP contribution is -2.37. The van der Waals surface area contributed by atoms with Crippen LogP contribution in [0.5, 0.6) is 0 Å². The second kappa shape index (κ2) is 6.88. The molecule has 8 heteroatoms. The molecule has 0 amide bonds. The van der Waals surface area contributed by atoms with E-state index in [4.69, 9.17) is 4.98 Å². The van der Waals surface area contributed by atoms with Gasteiger partial charge in [-0.25, -0.2) is 22.8 Å². The first-order chi connectivity index (χ1) is 12.4. The summed E-state index contributed by atoms with van der Waals surface area (Å²) in [6.45, 7) is 3.09. The number of hydrogen-bond acceptors (Lipinski definition) is 4. The maximum absolute atomic E-state index is 13.8. The molecule has 0 bridgehead atoms. The average molecular weight is 382 g/mol. The van der Waals surface area contributed by atoms with Gasteiger partial charge in [-0.2, -0.15) is 16.9 Å². The summed E-state index contributed by atoms with van der Waals surface area (Å²) in [6.07, 6.45) is 1.81. The Morgan fingerprint density at radius 2 is 1.81 bits per heavy atom. The van der Waals surface area contributed by atoms with Gasteiger partial charge >= 0.3 is 0 Å². The Labute approximate surface area is 154 Å². The highest BCUT2D eigenvalue weighted by Crippen LogP contribution is 2.36. The molecule has 0 unspecified atom stereocenters. The van der Waals surface area contributed by atoms with Gasteiger partial charge in [0.05, 0.1) is 5.69 Å². The summed E-state index contributed by atoms with van der Waals surface area (Å²) in [5.41, 5.74) is 0.189. The molecule has 0 aliphatic carbocycles. The van der Waals surface area contributed by atoms with Crippen LogP contribution in [-0.2, 0) is 0 Å². The second-order valence-electron chi connectivity index (χ2n) is 7.25. The highest BCUT2D eigenvalue weighted by atomic mass is 32.2. The van der Waals surface area contributed by atoms with Gasteiger partial charge in [0.15, 0.2) is 23.3 Å². The molecule has 26 heavy (non-hydrogen) atoms. The molecular formula is C18H21F3N4S. The third kappa shape index (κ3) is 3.13. The summed E-state index contributed by atoms with van der Waals surface area (Å²) in [5.74, 6) is -0.0848. The van der Waals surface area contributed by atoms with E-state index in [2.05, 4.69) is 24.0 Å². The number of benzene rings is 1. The SMILES string of the molecule is C[C@@H]1C[C@H](c2nc(C3CSC3)nn2-c2cc(F)c(F)c(F)c2)CCN1C. The first-order valence-corrected chi connectivity index (χ1v) is 9.99. The van der Waals surface area contributed by atoms with Crippen LogP contribution in [0.15, 0.2) is 12.1 Å². The van der Waals surface area contributed by atoms with E-state index in [-0.39, 0.29) is 17.5 Å². The number of piperidine rings is 1. The topological polar surface area (TPSA) is 34.0 Å². The monoisotopic (exact) mass is 382 g/mol. The molecule has 1 aromatic heterocycles. The summed E-state index contributed by atoms with van der Waals surface area (Å²) in [4.78, 5) is 7.04. The quantitative estimate of drug-likeness (QED) is 0.758. The maximum atomic E-state index is 13.8. The van der Waals surface area contributed by atoms with Crippen molar-refractivity contribution in [3.8, 4) is 5.69 Å². The molecule has 0 spiro atoms. The van der Waals surface area contributed by atoms with Crippen LogP contribution in [0, 0.1) is 17.5 Å². The minimum Gasteiger partial charge on any atom is -0.304 e. The summed E-state index contributed by atoms with van der Waals surface area (Å²) in [7, 11) is 2.09. The fourth-order valence-electron chi connectivity index (χ4n) is 3.54. The van der Waals surface area contributed by atoms with Crippen molar-refractivity contribution in [2.45, 2.75) is 37.6 Å². The number of nitrogens with zero attached hydrogens (tertiary/aromatic N) is 4. The van der Waals surface area contributed by atoms with E-state index in [1.807, 2.05) is 11.8 Å². The van der Waals surface area contributed by atoms with E-state index in [1.54, 1.807) is 0 Å². The normalized spacial score (nSPS) is 24.7. The molecule has 2 atom stereocenters. The Hall–Kier alpha value is -1.54. The van der Waals surface area contributed by atoms with Crippen LogP contribution in [0.3, 0.4) is 0 Å². The van der Waals surface area contributed by atoms with E-state index in [0.29, 0.717) is 6.04 Å². The van der Waals surface area contributed by atoms with Crippen molar-refractivity contribution >= 4 is 11.8 Å². The van der Waals surface area contributed by atoms with Crippen LogP contribution < -0.4 is 0 Å². The highest BCUT2D eigenvalue weighted by molar-refractivity contribution is 8.00. The molecule has 140 valence electrons. The van der Waals surface area contributed by atoms with E-state index < -0.39 is 17.5 Å². The maximum Gasteiger partial charge on any atom is 0.194 e. The van der Waals surface area contributed by atoms with Gasteiger partial charge in [-0.05, 0) is 33.4 Å². The van der Waals surface area contributed by atoms with Crippen LogP contribution in [0.4, 0.5) is 13.2 Å². The van der Waals surface area contributed by atoms with Gasteiger partial charge in [-0.3, -0.25) is 0 Å². The Bertz CT molecular complexity index is 798. The fourth-order valence-corrected chi connectivity index (χ4v) is 4.31. The summed E-state index contributed by atoms with van der Waals surface area (Å²) < 4.78 is 42.4. The van der Waals surface area contributed by atoms with E-state index in [1.165, 1.54) is 4.68 Å². The largest absolute Gasteiger partial charge is 0.304 e. The van der Waals surface area contributed by atoms with Gasteiger partial charge in [0.1, 0.15) is 5.82 Å². The van der Waals surface area contributed by atoms with Crippen molar-refractivity contribution in [1.29, 1.82) is 0 Å². The van der Waals surface area contributed by atoms with Crippen LogP contribution >= 0.6 is 11.8 Å². The molecule has 1 aromatic carbocycles. The Morgan fingerprint density at radius 3 is 2.38 bits per heavy atom. The number of likely N-dealkylation sites (tertiary alicyclic amines) is 1. The zero-order valence-electron chi connectivity index (χ0n) is 14.8. The predicted molar refractivity (Wildman–Crippen MR) is 95.4 cm³/mol. The molecule has 4 rings (SSSR count). The summed E-state index contributed by atoms with van der Waals surface area (Å²) >= 11 is 1.83. The van der Waals surface area contributed by atoms with E-state index in [9.17, 15) is 13.2 Å². The minimum atomic E-state index is -1.46. The van der Waals surface area contributed by atoms with Crippen molar-refractivity contribution in [3.05, 3.63) is 41.2 Å². The third-order valence-corrected chi connectivity index (χ3v) is 6.71. The molecule has 2 aliphatic rings. The standard InChI is InChI=1S/C18H21F3N4S/c1-10-5-11(3-4-24(10)2)18-22-17(12-8-26-9-12)23-25(18)13-6-14(19)16(21)15(20)7-13/h6-7,10-12H,3-5,8-9H2,1-2H3/t10-,11-/m1/s1. The van der Waals surface area contributed by atoms with Crippen LogP contribution in [0.2, 0.25) is 0 Å². The Balaban J connectivity index is 1.76. The van der Waals surface area contributed by atoms with Crippen LogP contribution in [0.25, 0.3) is 5.69 Å². The van der Waals surface area contributed by atoms with Crippen LogP contribution in [0.1, 0.15) is 43.3 Å². The molecule has 3 heterocycles. The molecule has 2 aromatic rings. The first-order valence-electron chi connectivity index (χ1n) is 8.83. The van der Waals surface area contributed by atoms with Gasteiger partial charge < -0.3 is 4.90 Å². The Kier molecular flexibility index (Phi) is 4.73. The fraction of sp³-hybridized carbons (Fsp3) is 0.556. The van der Waals surface area contributed by atoms with E-state index >= 15 is 0 Å². The lowest BCUT2D eigenvalue weighted by molar-refractivity contribution is 0.179. The van der Waals surface area contributed by atoms with Crippen molar-refractivity contribution in [1.82, 2.24) is 19.7 Å². The second-order valence-corrected chi connectivity index (χ2v) is 8.32. The molecule has 2 aliphatic heterocycles.